The Labute approximate surface area is 205 Å². The summed E-state index contributed by atoms with van der Waals surface area (Å²) < 4.78 is 25.7. The second-order valence-corrected chi connectivity index (χ2v) is 10.3. The molecule has 1 fully saturated rings. The summed E-state index contributed by atoms with van der Waals surface area (Å²) in [5.41, 5.74) is 4.38. The Morgan fingerprint density at radius 3 is 2.44 bits per heavy atom. The van der Waals surface area contributed by atoms with E-state index in [1.54, 1.807) is 18.3 Å². The van der Waals surface area contributed by atoms with Gasteiger partial charge in [0.15, 0.2) is 0 Å². The van der Waals surface area contributed by atoms with Gasteiger partial charge in [0.05, 0.1) is 11.9 Å². The highest BCUT2D eigenvalue weighted by atomic mass is 31.2. The molecule has 10 nitrogen and oxygen atoms in total. The fraction of sp³-hybridized carbons (Fsp3) is 0.250. The number of rotatable bonds is 7. The van der Waals surface area contributed by atoms with Crippen LogP contribution in [0.5, 0.6) is 0 Å². The first-order valence-corrected chi connectivity index (χ1v) is 13.1. The van der Waals surface area contributed by atoms with Crippen LogP contribution >= 0.6 is 7.60 Å². The van der Waals surface area contributed by atoms with Gasteiger partial charge in [-0.3, -0.25) is 9.48 Å². The molecule has 12 heteroatoms. The van der Waals surface area contributed by atoms with Gasteiger partial charge in [0.25, 0.3) is 0 Å². The van der Waals surface area contributed by atoms with Crippen LogP contribution < -0.4 is 15.1 Å². The number of halogens is 1. The van der Waals surface area contributed by atoms with E-state index in [0.29, 0.717) is 30.2 Å². The summed E-state index contributed by atoms with van der Waals surface area (Å²) in [6.45, 7) is 0.521. The van der Waals surface area contributed by atoms with E-state index >= 15 is 0 Å². The van der Waals surface area contributed by atoms with Gasteiger partial charge >= 0.3 is 0 Å². The van der Waals surface area contributed by atoms with Crippen molar-refractivity contribution in [1.82, 2.24) is 30.3 Å². The van der Waals surface area contributed by atoms with E-state index in [0.717, 1.165) is 28.8 Å². The Balaban J connectivity index is 1.43. The number of carbonyl (C=O) groups is 1. The number of nitrogens with zero attached hydrogens (tertiary/aromatic N) is 4. The molecule has 1 unspecified atom stereocenters. The number of benzene rings is 2. The van der Waals surface area contributed by atoms with Gasteiger partial charge in [-0.05, 0) is 36.8 Å². The van der Waals surface area contributed by atoms with E-state index in [9.17, 15) is 23.5 Å². The van der Waals surface area contributed by atoms with Crippen LogP contribution in [-0.2, 0) is 15.9 Å². The second kappa shape index (κ2) is 9.77. The number of hydrogen-bond donors (Lipinski definition) is 2. The fourth-order valence-electron chi connectivity index (χ4n) is 4.24. The molecule has 0 bridgehead atoms. The first-order valence-electron chi connectivity index (χ1n) is 11.4. The molecule has 3 heterocycles. The molecule has 1 atom stereocenters. The summed E-state index contributed by atoms with van der Waals surface area (Å²) >= 11 is 0. The van der Waals surface area contributed by atoms with E-state index in [2.05, 4.69) is 20.6 Å². The predicted octanol–water partition coefficient (Wildman–Crippen LogP) is 2.05. The normalized spacial score (nSPS) is 16.2. The summed E-state index contributed by atoms with van der Waals surface area (Å²) in [7, 11) is -4.62. The molecule has 0 spiro atoms. The van der Waals surface area contributed by atoms with Gasteiger partial charge in [0.1, 0.15) is 17.3 Å². The standard InChI is InChI=1S/C24H24FN6O4P/c25-19-7-5-16(6-8-19)22-23(18-9-10-26-21(32)13-18)28-24(27-22)17-3-1-15(2-4-17)20-14-31(30-29-20)11-12-36(33,34)35/h1-8,14,18H,9-13H2,(H,26,32)(H,27,28)(H2,33,34,35)/p-2. The second-order valence-electron chi connectivity index (χ2n) is 8.67. The average Bonchev–Trinajstić information content (AvgIpc) is 3.51. The van der Waals surface area contributed by atoms with Crippen molar-refractivity contribution in [3.05, 3.63) is 66.2 Å². The summed E-state index contributed by atoms with van der Waals surface area (Å²) in [6.07, 6.45) is 2.16. The number of imidazole rings is 1. The Hall–Kier alpha value is -3.66. The van der Waals surface area contributed by atoms with Crippen molar-refractivity contribution < 1.29 is 23.5 Å². The molecule has 36 heavy (non-hydrogen) atoms. The maximum Gasteiger partial charge on any atom is 0.220 e. The third kappa shape index (κ3) is 5.43. The number of aromatic amines is 1. The third-order valence-corrected chi connectivity index (χ3v) is 6.85. The largest absolute Gasteiger partial charge is 0.811 e. The van der Waals surface area contributed by atoms with Crippen molar-refractivity contribution >= 4 is 13.5 Å². The topological polar surface area (TPSA) is 152 Å². The highest BCUT2D eigenvalue weighted by Gasteiger charge is 2.26. The Kier molecular flexibility index (Phi) is 6.53. The summed E-state index contributed by atoms with van der Waals surface area (Å²) in [6, 6.07) is 13.5. The molecular formula is C24H22FN6O4P-2. The molecule has 1 aliphatic rings. The van der Waals surface area contributed by atoms with Gasteiger partial charge in [0.2, 0.25) is 5.91 Å². The smallest absolute Gasteiger partial charge is 0.220 e. The molecule has 1 aliphatic heterocycles. The highest BCUT2D eigenvalue weighted by Crippen LogP contribution is 2.35. The van der Waals surface area contributed by atoms with Crippen LogP contribution in [0.2, 0.25) is 0 Å². The molecule has 0 radical (unpaired) electrons. The Morgan fingerprint density at radius 2 is 1.75 bits per heavy atom. The number of carbonyl (C=O) groups excluding carboxylic acids is 1. The van der Waals surface area contributed by atoms with Crippen LogP contribution in [0.3, 0.4) is 0 Å². The van der Waals surface area contributed by atoms with E-state index in [-0.39, 0.29) is 24.2 Å². The Morgan fingerprint density at radius 1 is 1.06 bits per heavy atom. The van der Waals surface area contributed by atoms with Crippen LogP contribution in [0, 0.1) is 5.82 Å². The van der Waals surface area contributed by atoms with Gasteiger partial charge in [0, 0.05) is 47.8 Å². The molecule has 2 aromatic heterocycles. The molecule has 2 N–H and O–H groups in total. The van der Waals surface area contributed by atoms with Crippen molar-refractivity contribution in [3.8, 4) is 33.9 Å². The minimum Gasteiger partial charge on any atom is -0.811 e. The number of H-pyrrole nitrogens is 1. The van der Waals surface area contributed by atoms with Crippen molar-refractivity contribution in [1.29, 1.82) is 0 Å². The van der Waals surface area contributed by atoms with Gasteiger partial charge in [-0.15, -0.1) is 5.10 Å². The zero-order valence-corrected chi connectivity index (χ0v) is 20.0. The maximum atomic E-state index is 13.5. The van der Waals surface area contributed by atoms with Gasteiger partial charge in [-0.1, -0.05) is 37.1 Å². The number of nitrogens with one attached hydrogen (secondary N) is 2. The zero-order valence-electron chi connectivity index (χ0n) is 19.1. The molecule has 1 amide bonds. The monoisotopic (exact) mass is 508 g/mol. The van der Waals surface area contributed by atoms with Crippen LogP contribution in [0.4, 0.5) is 4.39 Å². The van der Waals surface area contributed by atoms with Gasteiger partial charge < -0.3 is 24.7 Å². The lowest BCUT2D eigenvalue weighted by atomic mass is 9.91. The van der Waals surface area contributed by atoms with Crippen molar-refractivity contribution in [3.63, 3.8) is 0 Å². The molecule has 5 rings (SSSR count). The predicted molar refractivity (Wildman–Crippen MR) is 126 cm³/mol. The summed E-state index contributed by atoms with van der Waals surface area (Å²) in [5, 5.41) is 10.8. The van der Waals surface area contributed by atoms with E-state index in [1.807, 2.05) is 24.3 Å². The van der Waals surface area contributed by atoms with Gasteiger partial charge in [-0.2, -0.15) is 0 Å². The number of aryl methyl sites for hydroxylation is 1. The number of amides is 1. The summed E-state index contributed by atoms with van der Waals surface area (Å²) in [4.78, 5) is 42.0. The fourth-order valence-corrected chi connectivity index (χ4v) is 4.69. The van der Waals surface area contributed by atoms with Crippen molar-refractivity contribution in [2.75, 3.05) is 12.7 Å². The SMILES string of the molecule is O=C1CC(c2[nH]c(-c3ccc(-c4cn(CCP(=O)([O-])[O-])nn4)cc3)nc2-c2ccc(F)cc2)CCN1. The van der Waals surface area contributed by atoms with E-state index < -0.39 is 13.8 Å². The molecule has 186 valence electrons. The number of aromatic nitrogens is 5. The summed E-state index contributed by atoms with van der Waals surface area (Å²) in [5.74, 6) is 0.230. The number of hydrogen-bond acceptors (Lipinski definition) is 7. The maximum absolute atomic E-state index is 13.5. The van der Waals surface area contributed by atoms with Gasteiger partial charge in [-0.25, -0.2) is 9.37 Å². The van der Waals surface area contributed by atoms with E-state index in [4.69, 9.17) is 4.98 Å². The molecule has 2 aromatic carbocycles. The molecule has 4 aromatic rings. The van der Waals surface area contributed by atoms with Crippen LogP contribution in [0.1, 0.15) is 24.5 Å². The Bertz CT molecular complexity index is 1430. The lowest BCUT2D eigenvalue weighted by Gasteiger charge is -2.28. The molecule has 0 saturated carbocycles. The quantitative estimate of drug-likeness (QED) is 0.363. The minimum absolute atomic E-state index is 0.0156. The van der Waals surface area contributed by atoms with Crippen LogP contribution in [0.15, 0.2) is 54.7 Å². The molecule has 1 saturated heterocycles. The van der Waals surface area contributed by atoms with Crippen molar-refractivity contribution in [2.45, 2.75) is 25.3 Å². The lowest BCUT2D eigenvalue weighted by molar-refractivity contribution is -0.313. The van der Waals surface area contributed by atoms with Crippen LogP contribution in [0.25, 0.3) is 33.9 Å². The molecule has 0 aliphatic carbocycles. The third-order valence-electron chi connectivity index (χ3n) is 6.10. The molecular weight excluding hydrogens is 486 g/mol. The average molecular weight is 508 g/mol. The van der Waals surface area contributed by atoms with Crippen molar-refractivity contribution in [2.24, 2.45) is 0 Å². The lowest BCUT2D eigenvalue weighted by Crippen LogP contribution is -2.32. The minimum atomic E-state index is -4.62. The first kappa shape index (κ1) is 24.1. The van der Waals surface area contributed by atoms with Crippen LogP contribution in [-0.4, -0.2) is 43.6 Å². The van der Waals surface area contributed by atoms with E-state index in [1.165, 1.54) is 16.8 Å². The number of piperidine rings is 1. The zero-order chi connectivity index (χ0) is 25.3. The first-order chi connectivity index (χ1) is 17.2. The highest BCUT2D eigenvalue weighted by molar-refractivity contribution is 7.48.